The first kappa shape index (κ1) is 12.1. The van der Waals surface area contributed by atoms with Crippen LogP contribution in [0.25, 0.3) is 0 Å². The molecule has 0 fully saturated rings. The van der Waals surface area contributed by atoms with Gasteiger partial charge in [0.05, 0.1) is 11.4 Å². The van der Waals surface area contributed by atoms with Crippen molar-refractivity contribution in [3.63, 3.8) is 0 Å². The van der Waals surface area contributed by atoms with Crippen LogP contribution in [-0.4, -0.2) is 5.91 Å². The highest BCUT2D eigenvalue weighted by Crippen LogP contribution is 2.20. The van der Waals surface area contributed by atoms with Gasteiger partial charge in [0.2, 0.25) is 0 Å². The van der Waals surface area contributed by atoms with Gasteiger partial charge in [0.25, 0.3) is 5.91 Å². The Balaban J connectivity index is 2.24. The third kappa shape index (κ3) is 2.48. The quantitative estimate of drug-likeness (QED) is 0.798. The van der Waals surface area contributed by atoms with E-state index < -0.39 is 5.82 Å². The van der Waals surface area contributed by atoms with Gasteiger partial charge in [-0.3, -0.25) is 4.79 Å². The van der Waals surface area contributed by atoms with Crippen LogP contribution in [0.1, 0.15) is 15.9 Å². The maximum atomic E-state index is 12.9. The van der Waals surface area contributed by atoms with Gasteiger partial charge in [0.15, 0.2) is 0 Å². The van der Waals surface area contributed by atoms with E-state index in [-0.39, 0.29) is 11.6 Å². The number of anilines is 2. The number of rotatable bonds is 2. The van der Waals surface area contributed by atoms with Gasteiger partial charge in [-0.05, 0) is 36.8 Å². The number of aryl methyl sites for hydroxylation is 1. The number of carbonyl (C=O) groups is 1. The number of nitrogens with two attached hydrogens (primary N) is 1. The molecule has 0 atom stereocenters. The van der Waals surface area contributed by atoms with Crippen molar-refractivity contribution in [2.45, 2.75) is 6.92 Å². The summed E-state index contributed by atoms with van der Waals surface area (Å²) >= 11 is 0. The van der Waals surface area contributed by atoms with E-state index in [0.29, 0.717) is 11.3 Å². The lowest BCUT2D eigenvalue weighted by atomic mass is 10.1. The van der Waals surface area contributed by atoms with E-state index in [0.717, 1.165) is 5.56 Å². The zero-order valence-electron chi connectivity index (χ0n) is 9.91. The van der Waals surface area contributed by atoms with E-state index in [4.69, 9.17) is 5.73 Å². The standard InChI is InChI=1S/C14H13FN2O/c1-9-4-2-3-5-11(9)14(18)17-13-7-6-10(15)8-12(13)16/h2-8H,16H2,1H3,(H,17,18). The molecule has 0 saturated heterocycles. The summed E-state index contributed by atoms with van der Waals surface area (Å²) in [5, 5.41) is 2.66. The van der Waals surface area contributed by atoms with Gasteiger partial charge in [0, 0.05) is 5.56 Å². The highest BCUT2D eigenvalue weighted by molar-refractivity contribution is 6.06. The summed E-state index contributed by atoms with van der Waals surface area (Å²) in [5.41, 5.74) is 7.69. The largest absolute Gasteiger partial charge is 0.397 e. The van der Waals surface area contributed by atoms with Gasteiger partial charge in [-0.2, -0.15) is 0 Å². The third-order valence-corrected chi connectivity index (χ3v) is 2.65. The molecule has 0 aliphatic carbocycles. The molecule has 0 saturated carbocycles. The molecule has 0 unspecified atom stereocenters. The molecule has 18 heavy (non-hydrogen) atoms. The molecule has 0 aliphatic heterocycles. The number of hydrogen-bond donors (Lipinski definition) is 2. The first-order chi connectivity index (χ1) is 8.58. The summed E-state index contributed by atoms with van der Waals surface area (Å²) in [7, 11) is 0. The fraction of sp³-hybridized carbons (Fsp3) is 0.0714. The van der Waals surface area contributed by atoms with Crippen molar-refractivity contribution in [2.24, 2.45) is 0 Å². The number of benzene rings is 2. The second-order valence-electron chi connectivity index (χ2n) is 4.00. The molecular weight excluding hydrogens is 231 g/mol. The molecule has 2 aromatic carbocycles. The molecule has 1 amide bonds. The van der Waals surface area contributed by atoms with Crippen LogP contribution in [0.2, 0.25) is 0 Å². The van der Waals surface area contributed by atoms with Crippen LogP contribution in [-0.2, 0) is 0 Å². The maximum absolute atomic E-state index is 12.9. The lowest BCUT2D eigenvalue weighted by Crippen LogP contribution is -2.14. The van der Waals surface area contributed by atoms with E-state index in [1.54, 1.807) is 12.1 Å². The monoisotopic (exact) mass is 244 g/mol. The molecule has 0 spiro atoms. The van der Waals surface area contributed by atoms with Crippen LogP contribution >= 0.6 is 0 Å². The van der Waals surface area contributed by atoms with Crippen molar-refractivity contribution in [1.82, 2.24) is 0 Å². The van der Waals surface area contributed by atoms with Crippen molar-refractivity contribution < 1.29 is 9.18 Å². The summed E-state index contributed by atoms with van der Waals surface area (Å²) in [6.45, 7) is 1.85. The van der Waals surface area contributed by atoms with Crippen molar-refractivity contribution in [2.75, 3.05) is 11.1 Å². The number of hydrogen-bond acceptors (Lipinski definition) is 2. The first-order valence-corrected chi connectivity index (χ1v) is 5.50. The zero-order valence-corrected chi connectivity index (χ0v) is 9.91. The Hall–Kier alpha value is -2.36. The highest BCUT2D eigenvalue weighted by atomic mass is 19.1. The number of nitrogens with one attached hydrogen (secondary N) is 1. The predicted octanol–water partition coefficient (Wildman–Crippen LogP) is 2.97. The number of amides is 1. The first-order valence-electron chi connectivity index (χ1n) is 5.50. The Morgan fingerprint density at radius 3 is 2.61 bits per heavy atom. The Kier molecular flexibility index (Phi) is 3.28. The average Bonchev–Trinajstić information content (AvgIpc) is 2.33. The van der Waals surface area contributed by atoms with Crippen LogP contribution in [0.15, 0.2) is 42.5 Å². The van der Waals surface area contributed by atoms with Crippen molar-refractivity contribution in [3.8, 4) is 0 Å². The van der Waals surface area contributed by atoms with E-state index in [2.05, 4.69) is 5.32 Å². The number of carbonyl (C=O) groups excluding carboxylic acids is 1. The fourth-order valence-electron chi connectivity index (χ4n) is 1.66. The van der Waals surface area contributed by atoms with Gasteiger partial charge in [-0.1, -0.05) is 18.2 Å². The van der Waals surface area contributed by atoms with Crippen LogP contribution < -0.4 is 11.1 Å². The van der Waals surface area contributed by atoms with Gasteiger partial charge in [-0.15, -0.1) is 0 Å². The lowest BCUT2D eigenvalue weighted by Gasteiger charge is -2.09. The van der Waals surface area contributed by atoms with Crippen molar-refractivity contribution in [3.05, 3.63) is 59.4 Å². The molecule has 2 rings (SSSR count). The molecular formula is C14H13FN2O. The Labute approximate surface area is 104 Å². The van der Waals surface area contributed by atoms with Gasteiger partial charge in [-0.25, -0.2) is 4.39 Å². The summed E-state index contributed by atoms with van der Waals surface area (Å²) in [4.78, 5) is 12.0. The summed E-state index contributed by atoms with van der Waals surface area (Å²) in [5.74, 6) is -0.687. The molecule has 0 radical (unpaired) electrons. The van der Waals surface area contributed by atoms with Crippen LogP contribution in [0, 0.1) is 12.7 Å². The third-order valence-electron chi connectivity index (χ3n) is 2.65. The smallest absolute Gasteiger partial charge is 0.255 e. The second-order valence-corrected chi connectivity index (χ2v) is 4.00. The molecule has 3 nitrogen and oxygen atoms in total. The molecule has 92 valence electrons. The van der Waals surface area contributed by atoms with Gasteiger partial charge >= 0.3 is 0 Å². The fourth-order valence-corrected chi connectivity index (χ4v) is 1.66. The van der Waals surface area contributed by atoms with Gasteiger partial charge in [0.1, 0.15) is 5.82 Å². The lowest BCUT2D eigenvalue weighted by molar-refractivity contribution is 0.102. The minimum absolute atomic E-state index is 0.205. The normalized spacial score (nSPS) is 10.1. The summed E-state index contributed by atoms with van der Waals surface area (Å²) in [6.07, 6.45) is 0. The van der Waals surface area contributed by atoms with Crippen molar-refractivity contribution >= 4 is 17.3 Å². The summed E-state index contributed by atoms with van der Waals surface area (Å²) < 4.78 is 12.9. The molecule has 0 bridgehead atoms. The van der Waals surface area contributed by atoms with E-state index in [1.165, 1.54) is 18.2 Å². The summed E-state index contributed by atoms with van der Waals surface area (Å²) in [6, 6.07) is 11.1. The Morgan fingerprint density at radius 2 is 1.94 bits per heavy atom. The van der Waals surface area contributed by atoms with Crippen LogP contribution in [0.5, 0.6) is 0 Å². The minimum Gasteiger partial charge on any atom is -0.397 e. The number of halogens is 1. The van der Waals surface area contributed by atoms with E-state index in [1.807, 2.05) is 19.1 Å². The van der Waals surface area contributed by atoms with Gasteiger partial charge < -0.3 is 11.1 Å². The topological polar surface area (TPSA) is 55.1 Å². The molecule has 4 heteroatoms. The molecule has 3 N–H and O–H groups in total. The minimum atomic E-state index is -0.429. The van der Waals surface area contributed by atoms with E-state index in [9.17, 15) is 9.18 Å². The average molecular weight is 244 g/mol. The van der Waals surface area contributed by atoms with Crippen LogP contribution in [0.4, 0.5) is 15.8 Å². The molecule has 0 aromatic heterocycles. The Morgan fingerprint density at radius 1 is 1.22 bits per heavy atom. The molecule has 2 aromatic rings. The van der Waals surface area contributed by atoms with Crippen LogP contribution in [0.3, 0.4) is 0 Å². The molecule has 0 heterocycles. The highest BCUT2D eigenvalue weighted by Gasteiger charge is 2.10. The second kappa shape index (κ2) is 4.87. The number of nitrogen functional groups attached to an aromatic ring is 1. The zero-order chi connectivity index (χ0) is 13.1. The predicted molar refractivity (Wildman–Crippen MR) is 69.9 cm³/mol. The van der Waals surface area contributed by atoms with Crippen molar-refractivity contribution in [1.29, 1.82) is 0 Å². The van der Waals surface area contributed by atoms with E-state index >= 15 is 0 Å². The maximum Gasteiger partial charge on any atom is 0.255 e. The SMILES string of the molecule is Cc1ccccc1C(=O)Nc1ccc(F)cc1N. The molecule has 0 aliphatic rings. The Bertz CT molecular complexity index is 596.